The van der Waals surface area contributed by atoms with Crippen LogP contribution >= 0.6 is 0 Å². The number of anilines is 1. The number of benzene rings is 1. The summed E-state index contributed by atoms with van der Waals surface area (Å²) < 4.78 is 1.94. The third-order valence-electron chi connectivity index (χ3n) is 6.12. The Labute approximate surface area is 172 Å². The van der Waals surface area contributed by atoms with Gasteiger partial charge in [-0.2, -0.15) is 0 Å². The van der Waals surface area contributed by atoms with E-state index in [2.05, 4.69) is 15.6 Å². The van der Waals surface area contributed by atoms with Gasteiger partial charge in [0.15, 0.2) is 5.82 Å². The molecule has 0 spiro atoms. The maximum atomic E-state index is 13.0. The molecule has 1 fully saturated rings. The van der Waals surface area contributed by atoms with Crippen LogP contribution in [0, 0.1) is 6.92 Å². The molecule has 0 radical (unpaired) electrons. The van der Waals surface area contributed by atoms with Crippen LogP contribution in [0.25, 0.3) is 0 Å². The number of para-hydroxylation sites is 1. The van der Waals surface area contributed by atoms with Crippen LogP contribution in [0.3, 0.4) is 0 Å². The summed E-state index contributed by atoms with van der Waals surface area (Å²) >= 11 is 0. The quantitative estimate of drug-likeness (QED) is 0.762. The van der Waals surface area contributed by atoms with Crippen molar-refractivity contribution in [2.45, 2.75) is 77.3 Å². The number of aryl methyl sites for hydroxylation is 1. The summed E-state index contributed by atoms with van der Waals surface area (Å²) in [6.07, 6.45) is 9.69. The molecule has 4 rings (SSSR count). The van der Waals surface area contributed by atoms with E-state index in [1.165, 1.54) is 12.8 Å². The largest absolute Gasteiger partial charge is 0.348 e. The Hall–Kier alpha value is -2.63. The summed E-state index contributed by atoms with van der Waals surface area (Å²) in [5, 5.41) is 6.15. The van der Waals surface area contributed by atoms with E-state index in [0.717, 1.165) is 68.4 Å². The van der Waals surface area contributed by atoms with Gasteiger partial charge in [0.05, 0.1) is 5.69 Å². The molecule has 1 aromatic heterocycles. The van der Waals surface area contributed by atoms with Gasteiger partial charge in [-0.1, -0.05) is 43.9 Å². The molecule has 0 unspecified atom stereocenters. The molecule has 0 saturated heterocycles. The van der Waals surface area contributed by atoms with Crippen molar-refractivity contribution >= 4 is 17.5 Å². The highest BCUT2D eigenvalue weighted by molar-refractivity contribution is 6.04. The molecule has 6 heteroatoms. The second kappa shape index (κ2) is 8.80. The van der Waals surface area contributed by atoms with Gasteiger partial charge >= 0.3 is 0 Å². The van der Waals surface area contributed by atoms with E-state index in [-0.39, 0.29) is 17.9 Å². The van der Waals surface area contributed by atoms with Gasteiger partial charge in [0.2, 0.25) is 0 Å². The number of hydrogen-bond donors (Lipinski definition) is 2. The molecular formula is C23H30N4O2. The molecule has 0 atom stereocenters. The van der Waals surface area contributed by atoms with Gasteiger partial charge in [-0.3, -0.25) is 9.59 Å². The summed E-state index contributed by atoms with van der Waals surface area (Å²) in [5.41, 5.74) is 3.11. The Morgan fingerprint density at radius 2 is 1.76 bits per heavy atom. The lowest BCUT2D eigenvalue weighted by Gasteiger charge is -2.18. The maximum Gasteiger partial charge on any atom is 0.291 e. The Balaban J connectivity index is 1.57. The Kier molecular flexibility index (Phi) is 5.97. The van der Waals surface area contributed by atoms with Crippen LogP contribution in [0.1, 0.15) is 83.7 Å². The van der Waals surface area contributed by atoms with Crippen molar-refractivity contribution in [2.24, 2.45) is 0 Å². The van der Waals surface area contributed by atoms with Crippen LogP contribution in [0.5, 0.6) is 0 Å². The summed E-state index contributed by atoms with van der Waals surface area (Å²) in [4.78, 5) is 30.6. The van der Waals surface area contributed by atoms with Gasteiger partial charge in [-0.25, -0.2) is 4.98 Å². The van der Waals surface area contributed by atoms with Crippen LogP contribution in [0.15, 0.2) is 24.3 Å². The van der Waals surface area contributed by atoms with Gasteiger partial charge in [-0.05, 0) is 50.7 Å². The summed E-state index contributed by atoms with van der Waals surface area (Å²) in [7, 11) is 0. The molecule has 2 heterocycles. The average molecular weight is 395 g/mol. The number of carbonyl (C=O) groups excluding carboxylic acids is 2. The van der Waals surface area contributed by atoms with Crippen LogP contribution in [0.2, 0.25) is 0 Å². The number of carbonyl (C=O) groups is 2. The summed E-state index contributed by atoms with van der Waals surface area (Å²) in [5.74, 6) is -0.0394. The molecule has 2 N–H and O–H groups in total. The topological polar surface area (TPSA) is 76.0 Å². The number of amides is 2. The second-order valence-electron chi connectivity index (χ2n) is 8.27. The number of fused-ring (bicyclic) bond motifs is 1. The SMILES string of the molecule is Cc1ccccc1NC(=O)c1nc(C(=O)NC2CCCCCC2)c2n1CCCC2. The monoisotopic (exact) mass is 394 g/mol. The first-order valence-electron chi connectivity index (χ1n) is 10.9. The average Bonchev–Trinajstić information content (AvgIpc) is 2.93. The Bertz CT molecular complexity index is 894. The molecule has 6 nitrogen and oxygen atoms in total. The van der Waals surface area contributed by atoms with Crippen molar-refractivity contribution in [2.75, 3.05) is 5.32 Å². The van der Waals surface area contributed by atoms with Gasteiger partial charge in [0.25, 0.3) is 11.8 Å². The van der Waals surface area contributed by atoms with Crippen molar-refractivity contribution < 1.29 is 9.59 Å². The third-order valence-corrected chi connectivity index (χ3v) is 6.12. The standard InChI is InChI=1S/C23H30N4O2/c1-16-10-6-7-13-18(16)25-23(29)21-26-20(19-14-8-9-15-27(19)21)22(28)24-17-11-4-2-3-5-12-17/h6-7,10,13,17H,2-5,8-9,11-12,14-15H2,1H3,(H,24,28)(H,25,29). The van der Waals surface area contributed by atoms with Crippen LogP contribution in [0.4, 0.5) is 5.69 Å². The molecule has 2 amide bonds. The van der Waals surface area contributed by atoms with Crippen molar-refractivity contribution in [3.63, 3.8) is 0 Å². The first-order valence-corrected chi connectivity index (χ1v) is 10.9. The summed E-state index contributed by atoms with van der Waals surface area (Å²) in [6, 6.07) is 7.90. The molecule has 1 aliphatic carbocycles. The predicted octanol–water partition coefficient (Wildman–Crippen LogP) is 4.23. The Morgan fingerprint density at radius 1 is 1.00 bits per heavy atom. The molecule has 0 bridgehead atoms. The minimum atomic E-state index is -0.254. The molecular weight excluding hydrogens is 364 g/mol. The zero-order chi connectivity index (χ0) is 20.2. The van der Waals surface area contributed by atoms with E-state index in [1.807, 2.05) is 35.8 Å². The number of nitrogens with one attached hydrogen (secondary N) is 2. The van der Waals surface area contributed by atoms with Gasteiger partial charge in [0.1, 0.15) is 5.69 Å². The van der Waals surface area contributed by atoms with E-state index in [9.17, 15) is 9.59 Å². The highest BCUT2D eigenvalue weighted by atomic mass is 16.2. The predicted molar refractivity (Wildman–Crippen MR) is 113 cm³/mol. The van der Waals surface area contributed by atoms with Crippen LogP contribution in [-0.2, 0) is 13.0 Å². The van der Waals surface area contributed by atoms with E-state index in [1.54, 1.807) is 0 Å². The lowest BCUT2D eigenvalue weighted by atomic mass is 10.1. The van der Waals surface area contributed by atoms with Crippen LogP contribution < -0.4 is 10.6 Å². The van der Waals surface area contributed by atoms with E-state index in [4.69, 9.17) is 0 Å². The minimum absolute atomic E-state index is 0.127. The molecule has 1 aliphatic heterocycles. The summed E-state index contributed by atoms with van der Waals surface area (Å²) in [6.45, 7) is 2.69. The number of aromatic nitrogens is 2. The maximum absolute atomic E-state index is 13.0. The highest BCUT2D eigenvalue weighted by Crippen LogP contribution is 2.24. The lowest BCUT2D eigenvalue weighted by molar-refractivity contribution is 0.0927. The first-order chi connectivity index (χ1) is 14.1. The molecule has 2 aromatic rings. The van der Waals surface area contributed by atoms with Crippen molar-refractivity contribution in [3.8, 4) is 0 Å². The number of imidazole rings is 1. The van der Waals surface area contributed by atoms with Gasteiger partial charge < -0.3 is 15.2 Å². The first kappa shape index (κ1) is 19.7. The molecule has 29 heavy (non-hydrogen) atoms. The van der Waals surface area contributed by atoms with E-state index >= 15 is 0 Å². The van der Waals surface area contributed by atoms with Gasteiger partial charge in [-0.15, -0.1) is 0 Å². The Morgan fingerprint density at radius 3 is 2.52 bits per heavy atom. The number of hydrogen-bond acceptors (Lipinski definition) is 3. The normalized spacial score (nSPS) is 17.3. The smallest absolute Gasteiger partial charge is 0.291 e. The van der Waals surface area contributed by atoms with Crippen molar-refractivity contribution in [1.82, 2.24) is 14.9 Å². The highest BCUT2D eigenvalue weighted by Gasteiger charge is 2.28. The second-order valence-corrected chi connectivity index (χ2v) is 8.27. The fraction of sp³-hybridized carbons (Fsp3) is 0.522. The third kappa shape index (κ3) is 4.36. The molecule has 1 saturated carbocycles. The minimum Gasteiger partial charge on any atom is -0.348 e. The molecule has 2 aliphatic rings. The van der Waals surface area contributed by atoms with Crippen LogP contribution in [-0.4, -0.2) is 27.4 Å². The number of rotatable bonds is 4. The number of nitrogens with zero attached hydrogens (tertiary/aromatic N) is 2. The zero-order valence-corrected chi connectivity index (χ0v) is 17.2. The van der Waals surface area contributed by atoms with E-state index in [0.29, 0.717) is 11.5 Å². The fourth-order valence-electron chi connectivity index (χ4n) is 4.47. The molecule has 1 aromatic carbocycles. The van der Waals surface area contributed by atoms with Crippen molar-refractivity contribution in [1.29, 1.82) is 0 Å². The van der Waals surface area contributed by atoms with Gasteiger partial charge in [0, 0.05) is 18.3 Å². The fourth-order valence-corrected chi connectivity index (χ4v) is 4.47. The van der Waals surface area contributed by atoms with E-state index < -0.39 is 0 Å². The lowest BCUT2D eigenvalue weighted by Crippen LogP contribution is -2.35. The van der Waals surface area contributed by atoms with Crippen molar-refractivity contribution in [3.05, 3.63) is 47.0 Å². The zero-order valence-electron chi connectivity index (χ0n) is 17.2. The molecule has 154 valence electrons.